The van der Waals surface area contributed by atoms with Crippen molar-refractivity contribution < 1.29 is 14.7 Å². The van der Waals surface area contributed by atoms with Crippen molar-refractivity contribution in [2.75, 3.05) is 27.2 Å². The number of carbonyl (C=O) groups excluding carboxylic acids is 1. The predicted molar refractivity (Wildman–Crippen MR) is 73.1 cm³/mol. The Kier molecular flexibility index (Phi) is 4.79. The first-order chi connectivity index (χ1) is 8.71. The molecule has 1 fully saturated rings. The van der Waals surface area contributed by atoms with Gasteiger partial charge in [-0.1, -0.05) is 13.8 Å². The first-order valence-corrected chi connectivity index (χ1v) is 6.68. The number of hydrogen-bond acceptors (Lipinski definition) is 3. The lowest BCUT2D eigenvalue weighted by Crippen LogP contribution is -2.55. The Morgan fingerprint density at radius 2 is 2.00 bits per heavy atom. The van der Waals surface area contributed by atoms with Gasteiger partial charge in [-0.2, -0.15) is 0 Å². The van der Waals surface area contributed by atoms with Gasteiger partial charge in [0, 0.05) is 19.1 Å². The van der Waals surface area contributed by atoms with Crippen LogP contribution in [-0.4, -0.2) is 65.7 Å². The second-order valence-electron chi connectivity index (χ2n) is 5.83. The van der Waals surface area contributed by atoms with Crippen molar-refractivity contribution in [2.24, 2.45) is 5.92 Å². The summed E-state index contributed by atoms with van der Waals surface area (Å²) >= 11 is 0. The maximum absolute atomic E-state index is 12.2. The van der Waals surface area contributed by atoms with Gasteiger partial charge in [0.05, 0.1) is 0 Å². The summed E-state index contributed by atoms with van der Waals surface area (Å²) in [5.74, 6) is -0.613. The van der Waals surface area contributed by atoms with Crippen molar-refractivity contribution in [3.8, 4) is 0 Å². The van der Waals surface area contributed by atoms with Gasteiger partial charge in [-0.05, 0) is 33.4 Å². The first kappa shape index (κ1) is 15.8. The summed E-state index contributed by atoms with van der Waals surface area (Å²) in [5, 5.41) is 11.8. The Hall–Kier alpha value is -1.30. The van der Waals surface area contributed by atoms with Gasteiger partial charge in [0.2, 0.25) is 0 Å². The number of aliphatic carboxylic acids is 1. The fraction of sp³-hybridized carbons (Fsp3) is 0.846. The summed E-state index contributed by atoms with van der Waals surface area (Å²) < 4.78 is 0. The minimum absolute atomic E-state index is 0.289. The molecule has 1 saturated heterocycles. The molecular formula is C13H25N3O3. The van der Waals surface area contributed by atoms with Crippen LogP contribution in [0.1, 0.15) is 27.2 Å². The Labute approximate surface area is 114 Å². The molecular weight excluding hydrogens is 246 g/mol. The van der Waals surface area contributed by atoms with E-state index in [4.69, 9.17) is 0 Å². The van der Waals surface area contributed by atoms with E-state index in [0.29, 0.717) is 31.5 Å². The van der Waals surface area contributed by atoms with Crippen molar-refractivity contribution in [3.05, 3.63) is 0 Å². The predicted octanol–water partition coefficient (Wildman–Crippen LogP) is 0.831. The number of nitrogens with one attached hydrogen (secondary N) is 1. The highest BCUT2D eigenvalue weighted by atomic mass is 16.4. The van der Waals surface area contributed by atoms with E-state index in [0.717, 1.165) is 0 Å². The molecule has 3 unspecified atom stereocenters. The van der Waals surface area contributed by atoms with Gasteiger partial charge < -0.3 is 20.2 Å². The van der Waals surface area contributed by atoms with Crippen LogP contribution in [0.4, 0.5) is 4.79 Å². The van der Waals surface area contributed by atoms with Crippen molar-refractivity contribution in [3.63, 3.8) is 0 Å². The second-order valence-corrected chi connectivity index (χ2v) is 5.83. The average molecular weight is 271 g/mol. The number of nitrogens with zero attached hydrogens (tertiary/aromatic N) is 2. The van der Waals surface area contributed by atoms with Gasteiger partial charge >= 0.3 is 12.0 Å². The standard InChI is InChI=1S/C13H25N3O3/c1-6-13(3,11(17)18)14-12(19)16-7-9(2)10(8-16)15(4)5/h9-10H,6-8H2,1-5H3,(H,14,19)(H,17,18). The number of carboxylic acid groups (broad SMARTS) is 1. The SMILES string of the molecule is CCC(C)(NC(=O)N1CC(C)C(N(C)C)C1)C(=O)O. The fourth-order valence-corrected chi connectivity index (χ4v) is 2.40. The summed E-state index contributed by atoms with van der Waals surface area (Å²) in [5.41, 5.74) is -1.20. The van der Waals surface area contributed by atoms with Crippen LogP contribution in [0.25, 0.3) is 0 Å². The Balaban J connectivity index is 2.68. The molecule has 6 nitrogen and oxygen atoms in total. The minimum Gasteiger partial charge on any atom is -0.480 e. The molecule has 19 heavy (non-hydrogen) atoms. The second kappa shape index (κ2) is 5.77. The summed E-state index contributed by atoms with van der Waals surface area (Å²) in [4.78, 5) is 27.2. The number of likely N-dealkylation sites (tertiary alicyclic amines) is 1. The molecule has 0 radical (unpaired) electrons. The summed E-state index contributed by atoms with van der Waals surface area (Å²) in [6, 6.07) is 0.0337. The van der Waals surface area contributed by atoms with Gasteiger partial charge in [0.25, 0.3) is 0 Å². The maximum Gasteiger partial charge on any atom is 0.329 e. The van der Waals surface area contributed by atoms with Gasteiger partial charge in [-0.15, -0.1) is 0 Å². The molecule has 0 aromatic heterocycles. The normalized spacial score (nSPS) is 26.3. The molecule has 2 amide bonds. The summed E-state index contributed by atoms with van der Waals surface area (Å²) in [6.07, 6.45) is 0.356. The largest absolute Gasteiger partial charge is 0.480 e. The number of carboxylic acids is 1. The van der Waals surface area contributed by atoms with E-state index >= 15 is 0 Å². The molecule has 1 heterocycles. The number of rotatable bonds is 4. The topological polar surface area (TPSA) is 72.9 Å². The molecule has 0 aromatic rings. The van der Waals surface area contributed by atoms with Gasteiger partial charge in [-0.25, -0.2) is 9.59 Å². The van der Waals surface area contributed by atoms with Crippen LogP contribution in [0, 0.1) is 5.92 Å². The lowest BCUT2D eigenvalue weighted by molar-refractivity contribution is -0.143. The van der Waals surface area contributed by atoms with Gasteiger partial charge in [-0.3, -0.25) is 0 Å². The lowest BCUT2D eigenvalue weighted by atomic mass is 10.00. The number of likely N-dealkylation sites (N-methyl/N-ethyl adjacent to an activating group) is 1. The number of urea groups is 1. The molecule has 1 aliphatic heterocycles. The van der Waals surface area contributed by atoms with Crippen LogP contribution in [-0.2, 0) is 4.79 Å². The highest BCUT2D eigenvalue weighted by Crippen LogP contribution is 2.21. The van der Waals surface area contributed by atoms with Crippen molar-refractivity contribution in [2.45, 2.75) is 38.8 Å². The van der Waals surface area contributed by atoms with E-state index in [1.54, 1.807) is 11.8 Å². The first-order valence-electron chi connectivity index (χ1n) is 6.68. The Bertz CT molecular complexity index is 359. The summed E-state index contributed by atoms with van der Waals surface area (Å²) in [7, 11) is 3.99. The third kappa shape index (κ3) is 3.37. The van der Waals surface area contributed by atoms with Crippen LogP contribution in [0.15, 0.2) is 0 Å². The van der Waals surface area contributed by atoms with Crippen LogP contribution in [0.3, 0.4) is 0 Å². The molecule has 0 spiro atoms. The summed E-state index contributed by atoms with van der Waals surface area (Å²) in [6.45, 7) is 6.70. The van der Waals surface area contributed by atoms with Gasteiger partial charge in [0.15, 0.2) is 0 Å². The number of hydrogen-bond donors (Lipinski definition) is 2. The zero-order valence-corrected chi connectivity index (χ0v) is 12.4. The molecule has 1 aliphatic rings. The molecule has 6 heteroatoms. The molecule has 0 aromatic carbocycles. The molecule has 3 atom stereocenters. The monoisotopic (exact) mass is 271 g/mol. The quantitative estimate of drug-likeness (QED) is 0.794. The Morgan fingerprint density at radius 3 is 2.37 bits per heavy atom. The van der Waals surface area contributed by atoms with Crippen molar-refractivity contribution >= 4 is 12.0 Å². The molecule has 0 aliphatic carbocycles. The number of carbonyl (C=O) groups is 2. The molecule has 0 saturated carbocycles. The average Bonchev–Trinajstić information content (AvgIpc) is 2.71. The van der Waals surface area contributed by atoms with Crippen LogP contribution >= 0.6 is 0 Å². The molecule has 0 bridgehead atoms. The molecule has 110 valence electrons. The fourth-order valence-electron chi connectivity index (χ4n) is 2.40. The van der Waals surface area contributed by atoms with Gasteiger partial charge in [0.1, 0.15) is 5.54 Å². The highest BCUT2D eigenvalue weighted by Gasteiger charge is 2.38. The molecule has 2 N–H and O–H groups in total. The van der Waals surface area contributed by atoms with Crippen LogP contribution in [0.5, 0.6) is 0 Å². The van der Waals surface area contributed by atoms with E-state index in [1.165, 1.54) is 6.92 Å². The minimum atomic E-state index is -1.20. The van der Waals surface area contributed by atoms with E-state index in [2.05, 4.69) is 17.1 Å². The van der Waals surface area contributed by atoms with E-state index in [1.807, 2.05) is 14.1 Å². The zero-order valence-electron chi connectivity index (χ0n) is 12.4. The third-order valence-electron chi connectivity index (χ3n) is 4.09. The third-order valence-corrected chi connectivity index (χ3v) is 4.09. The number of amides is 2. The molecule has 1 rings (SSSR count). The van der Waals surface area contributed by atoms with E-state index in [-0.39, 0.29) is 6.03 Å². The highest BCUT2D eigenvalue weighted by molar-refractivity contribution is 5.86. The Morgan fingerprint density at radius 1 is 1.42 bits per heavy atom. The van der Waals surface area contributed by atoms with Crippen LogP contribution in [0.2, 0.25) is 0 Å². The van der Waals surface area contributed by atoms with Crippen molar-refractivity contribution in [1.29, 1.82) is 0 Å². The lowest BCUT2D eigenvalue weighted by Gasteiger charge is -2.28. The van der Waals surface area contributed by atoms with E-state index < -0.39 is 11.5 Å². The smallest absolute Gasteiger partial charge is 0.329 e. The zero-order chi connectivity index (χ0) is 14.8. The van der Waals surface area contributed by atoms with Crippen molar-refractivity contribution in [1.82, 2.24) is 15.1 Å². The van der Waals surface area contributed by atoms with Crippen LogP contribution < -0.4 is 5.32 Å². The van der Waals surface area contributed by atoms with E-state index in [9.17, 15) is 14.7 Å². The maximum atomic E-state index is 12.2.